The molecule has 0 saturated carbocycles. The van der Waals surface area contributed by atoms with E-state index in [-0.39, 0.29) is 0 Å². The Morgan fingerprint density at radius 1 is 0.955 bits per heavy atom. The first kappa shape index (κ1) is 17.1. The number of nitrogens with two attached hydrogens (primary N) is 1. The number of nitrogens with zero attached hydrogens (tertiary/aromatic N) is 2. The zero-order chi connectivity index (χ0) is 15.8. The molecule has 0 bridgehead atoms. The Bertz CT molecular complexity index is 446. The average Bonchev–Trinajstić information content (AvgIpc) is 2.58. The van der Waals surface area contributed by atoms with Gasteiger partial charge in [0.05, 0.1) is 14.2 Å². The third kappa shape index (κ3) is 4.87. The number of hydrogen-bond donors (Lipinski definition) is 1. The van der Waals surface area contributed by atoms with E-state index in [1.54, 1.807) is 14.2 Å². The van der Waals surface area contributed by atoms with Crippen LogP contribution < -0.4 is 15.2 Å². The van der Waals surface area contributed by atoms with Crippen LogP contribution in [0.1, 0.15) is 12.0 Å². The lowest BCUT2D eigenvalue weighted by Gasteiger charge is -2.34. The Labute approximate surface area is 134 Å². The predicted molar refractivity (Wildman–Crippen MR) is 89.8 cm³/mol. The Morgan fingerprint density at radius 2 is 1.59 bits per heavy atom. The van der Waals surface area contributed by atoms with Crippen LogP contribution in [0.4, 0.5) is 0 Å². The molecule has 1 aromatic rings. The van der Waals surface area contributed by atoms with E-state index in [1.165, 1.54) is 5.56 Å². The van der Waals surface area contributed by atoms with Crippen LogP contribution in [0.2, 0.25) is 0 Å². The molecule has 0 aliphatic carbocycles. The van der Waals surface area contributed by atoms with Crippen molar-refractivity contribution in [1.29, 1.82) is 0 Å². The summed E-state index contributed by atoms with van der Waals surface area (Å²) in [6, 6.07) is 6.19. The van der Waals surface area contributed by atoms with Gasteiger partial charge in [-0.3, -0.25) is 0 Å². The van der Waals surface area contributed by atoms with Gasteiger partial charge in [0.25, 0.3) is 0 Å². The molecule has 22 heavy (non-hydrogen) atoms. The average molecular weight is 307 g/mol. The van der Waals surface area contributed by atoms with Crippen LogP contribution >= 0.6 is 0 Å². The normalized spacial score (nSPS) is 16.7. The van der Waals surface area contributed by atoms with Gasteiger partial charge < -0.3 is 25.0 Å². The number of benzene rings is 1. The summed E-state index contributed by atoms with van der Waals surface area (Å²) in [5, 5.41) is 0. The number of rotatable bonds is 8. The van der Waals surface area contributed by atoms with E-state index in [9.17, 15) is 0 Å². The second-order valence-electron chi connectivity index (χ2n) is 5.76. The highest BCUT2D eigenvalue weighted by Gasteiger charge is 2.16. The standard InChI is InChI=1S/C17H29N3O2/c1-21-16-5-4-15(14-17(16)22-2)6-9-20-12-10-19(11-13-20)8-3-7-18/h4-5,14H,3,6-13,18H2,1-2H3. The fraction of sp³-hybridized carbons (Fsp3) is 0.647. The lowest BCUT2D eigenvalue weighted by Crippen LogP contribution is -2.47. The Balaban J connectivity index is 1.77. The SMILES string of the molecule is COc1ccc(CCN2CCN(CCCN)CC2)cc1OC. The molecule has 0 radical (unpaired) electrons. The monoisotopic (exact) mass is 307 g/mol. The zero-order valence-electron chi connectivity index (χ0n) is 13.9. The van der Waals surface area contributed by atoms with E-state index in [2.05, 4.69) is 21.9 Å². The molecule has 1 aliphatic rings. The van der Waals surface area contributed by atoms with Crippen LogP contribution in [-0.4, -0.2) is 69.8 Å². The van der Waals surface area contributed by atoms with Gasteiger partial charge in [-0.2, -0.15) is 0 Å². The van der Waals surface area contributed by atoms with Crippen LogP contribution in [0.25, 0.3) is 0 Å². The minimum absolute atomic E-state index is 0.791. The molecule has 5 heteroatoms. The number of ether oxygens (including phenoxy) is 2. The van der Waals surface area contributed by atoms with Gasteiger partial charge in [-0.25, -0.2) is 0 Å². The van der Waals surface area contributed by atoms with Gasteiger partial charge in [-0.1, -0.05) is 6.07 Å². The van der Waals surface area contributed by atoms with Gasteiger partial charge >= 0.3 is 0 Å². The predicted octanol–water partition coefficient (Wildman–Crippen LogP) is 1.21. The smallest absolute Gasteiger partial charge is 0.160 e. The summed E-state index contributed by atoms with van der Waals surface area (Å²) in [6.45, 7) is 7.65. The van der Waals surface area contributed by atoms with E-state index < -0.39 is 0 Å². The van der Waals surface area contributed by atoms with Crippen LogP contribution in [-0.2, 0) is 6.42 Å². The van der Waals surface area contributed by atoms with Crippen molar-refractivity contribution < 1.29 is 9.47 Å². The first-order valence-corrected chi connectivity index (χ1v) is 8.12. The summed E-state index contributed by atoms with van der Waals surface area (Å²) >= 11 is 0. The first-order valence-electron chi connectivity index (χ1n) is 8.12. The number of piperazine rings is 1. The van der Waals surface area contributed by atoms with Crippen molar-refractivity contribution in [2.75, 3.05) is 60.0 Å². The summed E-state index contributed by atoms with van der Waals surface area (Å²) in [4.78, 5) is 5.05. The molecule has 0 amide bonds. The molecule has 2 N–H and O–H groups in total. The van der Waals surface area contributed by atoms with Crippen molar-refractivity contribution in [2.24, 2.45) is 5.73 Å². The lowest BCUT2D eigenvalue weighted by molar-refractivity contribution is 0.133. The largest absolute Gasteiger partial charge is 0.493 e. The molecule has 0 aromatic heterocycles. The van der Waals surface area contributed by atoms with Crippen LogP contribution in [0.15, 0.2) is 18.2 Å². The zero-order valence-corrected chi connectivity index (χ0v) is 13.9. The van der Waals surface area contributed by atoms with E-state index in [4.69, 9.17) is 15.2 Å². The van der Waals surface area contributed by atoms with Crippen molar-refractivity contribution in [1.82, 2.24) is 9.80 Å². The Morgan fingerprint density at radius 3 is 2.18 bits per heavy atom. The van der Waals surface area contributed by atoms with E-state index in [0.717, 1.165) is 70.2 Å². The molecule has 1 aromatic carbocycles. The maximum Gasteiger partial charge on any atom is 0.160 e. The van der Waals surface area contributed by atoms with Crippen molar-refractivity contribution in [3.05, 3.63) is 23.8 Å². The van der Waals surface area contributed by atoms with Crippen LogP contribution in [0.5, 0.6) is 11.5 Å². The van der Waals surface area contributed by atoms with E-state index in [1.807, 2.05) is 6.07 Å². The van der Waals surface area contributed by atoms with Gasteiger partial charge in [0, 0.05) is 32.7 Å². The Hall–Kier alpha value is -1.30. The highest BCUT2D eigenvalue weighted by molar-refractivity contribution is 5.42. The summed E-state index contributed by atoms with van der Waals surface area (Å²) < 4.78 is 10.6. The topological polar surface area (TPSA) is 51.0 Å². The highest BCUT2D eigenvalue weighted by atomic mass is 16.5. The van der Waals surface area contributed by atoms with Gasteiger partial charge in [0.1, 0.15) is 0 Å². The van der Waals surface area contributed by atoms with Gasteiger partial charge in [-0.15, -0.1) is 0 Å². The van der Waals surface area contributed by atoms with Crippen molar-refractivity contribution in [3.63, 3.8) is 0 Å². The third-order valence-corrected chi connectivity index (χ3v) is 4.31. The minimum atomic E-state index is 0.791. The Kier molecular flexibility index (Phi) is 6.96. The lowest BCUT2D eigenvalue weighted by atomic mass is 10.1. The van der Waals surface area contributed by atoms with Crippen molar-refractivity contribution in [2.45, 2.75) is 12.8 Å². The second-order valence-corrected chi connectivity index (χ2v) is 5.76. The molecule has 0 atom stereocenters. The van der Waals surface area contributed by atoms with Crippen molar-refractivity contribution in [3.8, 4) is 11.5 Å². The first-order chi connectivity index (χ1) is 10.8. The molecular weight excluding hydrogens is 278 g/mol. The maximum atomic E-state index is 5.57. The molecule has 0 unspecified atom stereocenters. The molecule has 1 saturated heterocycles. The number of methoxy groups -OCH3 is 2. The quantitative estimate of drug-likeness (QED) is 0.782. The molecule has 124 valence electrons. The molecule has 2 rings (SSSR count). The van der Waals surface area contributed by atoms with Crippen molar-refractivity contribution >= 4 is 0 Å². The molecule has 1 aliphatic heterocycles. The summed E-state index contributed by atoms with van der Waals surface area (Å²) in [7, 11) is 3.35. The fourth-order valence-corrected chi connectivity index (χ4v) is 2.87. The summed E-state index contributed by atoms with van der Waals surface area (Å²) in [6.07, 6.45) is 2.15. The van der Waals surface area contributed by atoms with E-state index in [0.29, 0.717) is 0 Å². The molecule has 1 heterocycles. The van der Waals surface area contributed by atoms with Crippen LogP contribution in [0, 0.1) is 0 Å². The van der Waals surface area contributed by atoms with Crippen LogP contribution in [0.3, 0.4) is 0 Å². The molecule has 5 nitrogen and oxygen atoms in total. The van der Waals surface area contributed by atoms with E-state index >= 15 is 0 Å². The highest BCUT2D eigenvalue weighted by Crippen LogP contribution is 2.27. The molecule has 1 fully saturated rings. The summed E-state index contributed by atoms with van der Waals surface area (Å²) in [5.41, 5.74) is 6.87. The van der Waals surface area contributed by atoms with Gasteiger partial charge in [0.15, 0.2) is 11.5 Å². The molecular formula is C17H29N3O2. The third-order valence-electron chi connectivity index (χ3n) is 4.31. The minimum Gasteiger partial charge on any atom is -0.493 e. The molecule has 0 spiro atoms. The fourth-order valence-electron chi connectivity index (χ4n) is 2.87. The van der Waals surface area contributed by atoms with Gasteiger partial charge in [0.2, 0.25) is 0 Å². The maximum absolute atomic E-state index is 5.57. The summed E-state index contributed by atoms with van der Waals surface area (Å²) in [5.74, 6) is 1.60. The second kappa shape index (κ2) is 8.98. The van der Waals surface area contributed by atoms with Gasteiger partial charge in [-0.05, 0) is 43.6 Å². The number of hydrogen-bond acceptors (Lipinski definition) is 5.